The highest BCUT2D eigenvalue weighted by Crippen LogP contribution is 2.49. The monoisotopic (exact) mass is 605 g/mol. The molecule has 9 nitrogen and oxygen atoms in total. The van der Waals surface area contributed by atoms with Crippen LogP contribution in [0, 0.1) is 5.82 Å². The van der Waals surface area contributed by atoms with E-state index in [4.69, 9.17) is 36.5 Å². The van der Waals surface area contributed by atoms with Gasteiger partial charge in [0.1, 0.15) is 11.6 Å². The number of nitrogens with two attached hydrogens (primary N) is 1. The molecule has 3 aliphatic rings. The largest absolute Gasteiger partial charge is 0.444 e. The van der Waals surface area contributed by atoms with E-state index in [-0.39, 0.29) is 17.9 Å². The van der Waals surface area contributed by atoms with Gasteiger partial charge in [-0.1, -0.05) is 28.9 Å². The number of fused-ring (bicyclic) bond motifs is 2. The Morgan fingerprint density at radius 1 is 1.14 bits per heavy atom. The fourth-order valence-corrected chi connectivity index (χ4v) is 6.54. The average Bonchev–Trinajstić information content (AvgIpc) is 3.51. The van der Waals surface area contributed by atoms with Crippen molar-refractivity contribution in [3.8, 4) is 11.5 Å². The Balaban J connectivity index is 1.08. The number of hydrogen-bond acceptors (Lipinski definition) is 7. The minimum absolute atomic E-state index is 0.0681. The Bertz CT molecular complexity index is 1720. The van der Waals surface area contributed by atoms with Crippen LogP contribution in [0.15, 0.2) is 59.8 Å². The van der Waals surface area contributed by atoms with Crippen LogP contribution in [-0.4, -0.2) is 51.3 Å². The van der Waals surface area contributed by atoms with Crippen molar-refractivity contribution in [3.05, 3.63) is 88.0 Å². The van der Waals surface area contributed by atoms with E-state index < -0.39 is 11.6 Å². The van der Waals surface area contributed by atoms with Crippen LogP contribution in [0.3, 0.4) is 0 Å². The van der Waals surface area contributed by atoms with Gasteiger partial charge in [0, 0.05) is 29.7 Å². The number of piperidine rings is 1. The van der Waals surface area contributed by atoms with Crippen molar-refractivity contribution in [1.29, 1.82) is 0 Å². The molecule has 4 aromatic rings. The number of hydrogen-bond donors (Lipinski definition) is 2. The summed E-state index contributed by atoms with van der Waals surface area (Å²) in [5, 5.41) is 12.7. The van der Waals surface area contributed by atoms with E-state index in [0.29, 0.717) is 40.7 Å². The zero-order valence-electron chi connectivity index (χ0n) is 23.8. The van der Waals surface area contributed by atoms with Gasteiger partial charge in [0.25, 0.3) is 5.79 Å². The number of likely N-dealkylation sites (tertiary alicyclic amines) is 1. The summed E-state index contributed by atoms with van der Waals surface area (Å²) in [7, 11) is 0. The lowest BCUT2D eigenvalue weighted by molar-refractivity contribution is -0.0712. The molecule has 0 amide bonds. The molecule has 43 heavy (non-hydrogen) atoms. The van der Waals surface area contributed by atoms with E-state index in [2.05, 4.69) is 20.7 Å². The number of amidine groups is 1. The summed E-state index contributed by atoms with van der Waals surface area (Å²) in [4.78, 5) is 7.40. The first-order valence-electron chi connectivity index (χ1n) is 14.6. The molecule has 1 aromatic heterocycles. The molecule has 11 heteroatoms. The van der Waals surface area contributed by atoms with Crippen molar-refractivity contribution in [2.24, 2.45) is 10.9 Å². The van der Waals surface area contributed by atoms with Gasteiger partial charge in [-0.15, -0.1) is 0 Å². The Kier molecular flexibility index (Phi) is 7.15. The van der Waals surface area contributed by atoms with Crippen LogP contribution in [0.1, 0.15) is 54.6 Å². The minimum atomic E-state index is -1.27. The summed E-state index contributed by atoms with van der Waals surface area (Å²) in [5.74, 6) is 0.880. The summed E-state index contributed by atoms with van der Waals surface area (Å²) in [6.45, 7) is 5.70. The first kappa shape index (κ1) is 27.9. The summed E-state index contributed by atoms with van der Waals surface area (Å²) in [6, 6.07) is 16.1. The smallest absolute Gasteiger partial charge is 0.278 e. The molecule has 2 atom stereocenters. The highest BCUT2D eigenvalue weighted by Gasteiger charge is 2.43. The van der Waals surface area contributed by atoms with E-state index in [0.717, 1.165) is 61.4 Å². The van der Waals surface area contributed by atoms with Gasteiger partial charge in [0.2, 0.25) is 0 Å². The topological polar surface area (TPSA) is 107 Å². The number of ether oxygens (including phenoxy) is 3. The van der Waals surface area contributed by atoms with Crippen molar-refractivity contribution in [3.63, 3.8) is 0 Å². The van der Waals surface area contributed by atoms with Crippen molar-refractivity contribution < 1.29 is 23.8 Å². The molecular weight excluding hydrogens is 573 g/mol. The fraction of sp³-hybridized carbons (Fsp3) is 0.375. The van der Waals surface area contributed by atoms with Crippen LogP contribution in [0.4, 0.5) is 4.39 Å². The summed E-state index contributed by atoms with van der Waals surface area (Å²) < 4.78 is 35.3. The van der Waals surface area contributed by atoms with E-state index in [1.165, 1.54) is 6.07 Å². The highest BCUT2D eigenvalue weighted by molar-refractivity contribution is 6.30. The van der Waals surface area contributed by atoms with Crippen LogP contribution in [-0.2, 0) is 23.6 Å². The molecule has 4 heterocycles. The molecule has 7 rings (SSSR count). The zero-order valence-corrected chi connectivity index (χ0v) is 24.6. The van der Waals surface area contributed by atoms with Crippen LogP contribution in [0.5, 0.6) is 11.5 Å². The van der Waals surface area contributed by atoms with Gasteiger partial charge in [-0.2, -0.15) is 0 Å². The Hall–Kier alpha value is -3.86. The third kappa shape index (κ3) is 5.17. The second-order valence-electron chi connectivity index (χ2n) is 11.6. The fourth-order valence-electron chi connectivity index (χ4n) is 6.39. The SMILES string of the molecule is C[C@@]1(c2ccc(Cl)cc2F)Oc2cccc(C3CCN(Cc4nc5ccc(/C(N)=N/O)cc5n4C[C@@H]4CCO4)CC3)c2O1. The zero-order chi connectivity index (χ0) is 29.7. The molecule has 3 aliphatic heterocycles. The molecule has 0 aliphatic carbocycles. The molecule has 224 valence electrons. The van der Waals surface area contributed by atoms with Crippen LogP contribution < -0.4 is 15.2 Å². The maximum atomic E-state index is 14.8. The van der Waals surface area contributed by atoms with E-state index in [9.17, 15) is 9.60 Å². The molecule has 0 radical (unpaired) electrons. The van der Waals surface area contributed by atoms with Gasteiger partial charge in [-0.3, -0.25) is 4.90 Å². The van der Waals surface area contributed by atoms with Gasteiger partial charge in [-0.25, -0.2) is 9.37 Å². The van der Waals surface area contributed by atoms with Crippen LogP contribution in [0.25, 0.3) is 11.0 Å². The third-order valence-corrected chi connectivity index (χ3v) is 9.07. The number of halogens is 2. The Morgan fingerprint density at radius 3 is 2.67 bits per heavy atom. The Labute approximate surface area is 253 Å². The number of aromatic nitrogens is 2. The lowest BCUT2D eigenvalue weighted by Crippen LogP contribution is -2.35. The average molecular weight is 606 g/mol. The third-order valence-electron chi connectivity index (χ3n) is 8.83. The lowest BCUT2D eigenvalue weighted by Gasteiger charge is -2.33. The highest BCUT2D eigenvalue weighted by atomic mass is 35.5. The first-order valence-corrected chi connectivity index (χ1v) is 15.0. The van der Waals surface area contributed by atoms with Gasteiger partial charge in [0.05, 0.1) is 35.8 Å². The molecule has 0 saturated carbocycles. The molecule has 2 fully saturated rings. The van der Waals surface area contributed by atoms with Crippen molar-refractivity contribution in [1.82, 2.24) is 14.5 Å². The molecule has 0 bridgehead atoms. The lowest BCUT2D eigenvalue weighted by atomic mass is 9.88. The Morgan fingerprint density at radius 2 is 1.95 bits per heavy atom. The molecule has 0 unspecified atom stereocenters. The summed E-state index contributed by atoms with van der Waals surface area (Å²) in [5.41, 5.74) is 9.74. The number of para-hydroxylation sites is 1. The van der Waals surface area contributed by atoms with Gasteiger partial charge >= 0.3 is 0 Å². The van der Waals surface area contributed by atoms with E-state index in [1.807, 2.05) is 30.3 Å². The second-order valence-corrected chi connectivity index (χ2v) is 12.0. The van der Waals surface area contributed by atoms with E-state index >= 15 is 0 Å². The molecule has 0 spiro atoms. The number of nitrogens with zero attached hydrogens (tertiary/aromatic N) is 4. The molecule has 3 aromatic carbocycles. The first-order chi connectivity index (χ1) is 20.8. The molecule has 3 N–H and O–H groups in total. The molecule has 2 saturated heterocycles. The normalized spacial score (nSPS) is 22.7. The number of imidazole rings is 1. The van der Waals surface area contributed by atoms with E-state index in [1.54, 1.807) is 19.1 Å². The molecular formula is C32H33ClFN5O4. The summed E-state index contributed by atoms with van der Waals surface area (Å²) in [6.07, 6.45) is 3.04. The van der Waals surface area contributed by atoms with Gasteiger partial charge in [0.15, 0.2) is 17.3 Å². The second kappa shape index (κ2) is 11.0. The quantitative estimate of drug-likeness (QED) is 0.120. The predicted octanol–water partition coefficient (Wildman–Crippen LogP) is 5.74. The van der Waals surface area contributed by atoms with Crippen LogP contribution >= 0.6 is 11.6 Å². The van der Waals surface area contributed by atoms with Gasteiger partial charge in [-0.05, 0) is 80.7 Å². The maximum absolute atomic E-state index is 14.8. The number of oxime groups is 1. The number of benzene rings is 3. The van der Waals surface area contributed by atoms with Crippen LogP contribution in [0.2, 0.25) is 5.02 Å². The predicted molar refractivity (Wildman–Crippen MR) is 160 cm³/mol. The standard InChI is InChI=1S/C32H33ClFN5O4/c1-32(24-7-6-21(33)16-25(24)34)42-28-4-2-3-23(30(28)43-32)19-9-12-38(13-10-19)18-29-36-26-8-5-20(31(35)37-40)15-27(26)39(29)17-22-11-14-41-22/h2-8,15-16,19,22,40H,9-14,17-18H2,1H3,(H2,35,37)/t22-,32+/m0/s1. The summed E-state index contributed by atoms with van der Waals surface area (Å²) >= 11 is 5.98. The maximum Gasteiger partial charge on any atom is 0.278 e. The van der Waals surface area contributed by atoms with Gasteiger partial charge < -0.3 is 29.7 Å². The van der Waals surface area contributed by atoms with Crippen molar-refractivity contribution in [2.75, 3.05) is 19.7 Å². The minimum Gasteiger partial charge on any atom is -0.444 e. The van der Waals surface area contributed by atoms with Crippen molar-refractivity contribution in [2.45, 2.75) is 57.1 Å². The van der Waals surface area contributed by atoms with Crippen molar-refractivity contribution >= 4 is 28.5 Å². The number of rotatable bonds is 7.